The van der Waals surface area contributed by atoms with Crippen LogP contribution in [0.15, 0.2) is 109 Å². The predicted octanol–water partition coefficient (Wildman–Crippen LogP) is 6.68. The quantitative estimate of drug-likeness (QED) is 0.264. The molecule has 32 heavy (non-hydrogen) atoms. The van der Waals surface area contributed by atoms with E-state index in [0.29, 0.717) is 0 Å². The highest BCUT2D eigenvalue weighted by Crippen LogP contribution is 2.20. The van der Waals surface area contributed by atoms with Gasteiger partial charge in [-0.2, -0.15) is 0 Å². The van der Waals surface area contributed by atoms with Crippen LogP contribution in [-0.4, -0.2) is 13.1 Å². The highest BCUT2D eigenvalue weighted by molar-refractivity contribution is 5.64. The fourth-order valence-electron chi connectivity index (χ4n) is 3.86. The van der Waals surface area contributed by atoms with Crippen molar-refractivity contribution in [3.63, 3.8) is 0 Å². The standard InChI is InChI=1S/C30H32N2/c1-3-9-27(10-4-1)29-17-13-25(14-18-29)23-31-21-7-8-22-32-24-26-15-19-30(20-16-26)28-11-5-2-6-12-28/h1-6,9-20,31-32H,7-8,21-24H2. The van der Waals surface area contributed by atoms with Gasteiger partial charge in [0.15, 0.2) is 0 Å². The molecule has 0 aliphatic carbocycles. The summed E-state index contributed by atoms with van der Waals surface area (Å²) < 4.78 is 0. The van der Waals surface area contributed by atoms with Crippen LogP contribution in [-0.2, 0) is 13.1 Å². The third-order valence-corrected chi connectivity index (χ3v) is 5.74. The second-order valence-corrected chi connectivity index (χ2v) is 8.19. The van der Waals surface area contributed by atoms with Crippen LogP contribution in [0.4, 0.5) is 0 Å². The number of nitrogens with one attached hydrogen (secondary N) is 2. The van der Waals surface area contributed by atoms with Crippen molar-refractivity contribution in [2.75, 3.05) is 13.1 Å². The molecular weight excluding hydrogens is 388 g/mol. The summed E-state index contributed by atoms with van der Waals surface area (Å²) in [4.78, 5) is 0. The van der Waals surface area contributed by atoms with Crippen LogP contribution in [0.25, 0.3) is 22.3 Å². The first-order chi connectivity index (χ1) is 15.9. The molecular formula is C30H32N2. The fraction of sp³-hybridized carbons (Fsp3) is 0.200. The van der Waals surface area contributed by atoms with E-state index in [2.05, 4.69) is 120 Å². The summed E-state index contributed by atoms with van der Waals surface area (Å²) in [6, 6.07) is 38.8. The first-order valence-electron chi connectivity index (χ1n) is 11.6. The van der Waals surface area contributed by atoms with E-state index in [1.807, 2.05) is 0 Å². The summed E-state index contributed by atoms with van der Waals surface area (Å²) in [6.45, 7) is 3.95. The summed E-state index contributed by atoms with van der Waals surface area (Å²) in [5.74, 6) is 0. The van der Waals surface area contributed by atoms with Gasteiger partial charge in [0.25, 0.3) is 0 Å². The van der Waals surface area contributed by atoms with Gasteiger partial charge in [-0.1, -0.05) is 109 Å². The molecule has 0 unspecified atom stereocenters. The van der Waals surface area contributed by atoms with E-state index in [0.717, 1.165) is 26.2 Å². The van der Waals surface area contributed by atoms with Crippen LogP contribution in [0.3, 0.4) is 0 Å². The summed E-state index contributed by atoms with van der Waals surface area (Å²) in [7, 11) is 0. The van der Waals surface area contributed by atoms with E-state index in [1.54, 1.807) is 0 Å². The SMILES string of the molecule is c1ccc(-c2ccc(CNCCCCNCc3ccc(-c4ccccc4)cc3)cc2)cc1. The number of hydrogen-bond acceptors (Lipinski definition) is 2. The molecule has 0 saturated carbocycles. The van der Waals surface area contributed by atoms with E-state index < -0.39 is 0 Å². The van der Waals surface area contributed by atoms with E-state index in [9.17, 15) is 0 Å². The van der Waals surface area contributed by atoms with Crippen molar-refractivity contribution in [2.24, 2.45) is 0 Å². The van der Waals surface area contributed by atoms with Crippen LogP contribution in [0.5, 0.6) is 0 Å². The van der Waals surface area contributed by atoms with Crippen LogP contribution in [0.2, 0.25) is 0 Å². The van der Waals surface area contributed by atoms with Gasteiger partial charge in [0.1, 0.15) is 0 Å². The lowest BCUT2D eigenvalue weighted by Crippen LogP contribution is -2.18. The van der Waals surface area contributed by atoms with Gasteiger partial charge < -0.3 is 10.6 Å². The van der Waals surface area contributed by atoms with Crippen LogP contribution >= 0.6 is 0 Å². The van der Waals surface area contributed by atoms with Crippen molar-refractivity contribution in [1.29, 1.82) is 0 Å². The van der Waals surface area contributed by atoms with Crippen molar-refractivity contribution < 1.29 is 0 Å². The summed E-state index contributed by atoms with van der Waals surface area (Å²) in [5.41, 5.74) is 7.76. The van der Waals surface area contributed by atoms with E-state index >= 15 is 0 Å². The molecule has 0 heterocycles. The van der Waals surface area contributed by atoms with Gasteiger partial charge >= 0.3 is 0 Å². The average Bonchev–Trinajstić information content (AvgIpc) is 2.87. The normalized spacial score (nSPS) is 10.9. The monoisotopic (exact) mass is 420 g/mol. The van der Waals surface area contributed by atoms with Crippen molar-refractivity contribution in [1.82, 2.24) is 10.6 Å². The highest BCUT2D eigenvalue weighted by atomic mass is 14.9. The van der Waals surface area contributed by atoms with Crippen molar-refractivity contribution in [3.8, 4) is 22.3 Å². The number of hydrogen-bond donors (Lipinski definition) is 2. The molecule has 0 saturated heterocycles. The molecule has 0 fully saturated rings. The summed E-state index contributed by atoms with van der Waals surface area (Å²) in [5, 5.41) is 7.13. The highest BCUT2D eigenvalue weighted by Gasteiger charge is 1.99. The Balaban J connectivity index is 1.08. The maximum atomic E-state index is 3.56. The molecule has 0 aliphatic heterocycles. The van der Waals surface area contributed by atoms with Crippen molar-refractivity contribution in [2.45, 2.75) is 25.9 Å². The minimum atomic E-state index is 0.927. The third kappa shape index (κ3) is 6.65. The van der Waals surface area contributed by atoms with Gasteiger partial charge in [-0.3, -0.25) is 0 Å². The van der Waals surface area contributed by atoms with Gasteiger partial charge in [-0.15, -0.1) is 0 Å². The molecule has 162 valence electrons. The van der Waals surface area contributed by atoms with Gasteiger partial charge in [0.05, 0.1) is 0 Å². The Bertz CT molecular complexity index is 951. The van der Waals surface area contributed by atoms with Gasteiger partial charge in [-0.25, -0.2) is 0 Å². The Morgan fingerprint density at radius 2 is 0.719 bits per heavy atom. The lowest BCUT2D eigenvalue weighted by atomic mass is 10.0. The number of rotatable bonds is 11. The molecule has 2 heteroatoms. The van der Waals surface area contributed by atoms with Crippen LogP contribution in [0, 0.1) is 0 Å². The van der Waals surface area contributed by atoms with Gasteiger partial charge in [0, 0.05) is 13.1 Å². The summed E-state index contributed by atoms with van der Waals surface area (Å²) >= 11 is 0. The molecule has 0 aromatic heterocycles. The second kappa shape index (κ2) is 12.0. The predicted molar refractivity (Wildman–Crippen MR) is 136 cm³/mol. The van der Waals surface area contributed by atoms with Crippen molar-refractivity contribution >= 4 is 0 Å². The zero-order valence-electron chi connectivity index (χ0n) is 18.6. The largest absolute Gasteiger partial charge is 0.313 e. The second-order valence-electron chi connectivity index (χ2n) is 8.19. The third-order valence-electron chi connectivity index (χ3n) is 5.74. The number of unbranched alkanes of at least 4 members (excludes halogenated alkanes) is 1. The molecule has 4 aromatic carbocycles. The Morgan fingerprint density at radius 1 is 0.375 bits per heavy atom. The van der Waals surface area contributed by atoms with Crippen LogP contribution in [0.1, 0.15) is 24.0 Å². The Morgan fingerprint density at radius 3 is 1.09 bits per heavy atom. The zero-order chi connectivity index (χ0) is 21.8. The lowest BCUT2D eigenvalue weighted by Gasteiger charge is -2.08. The first-order valence-corrected chi connectivity index (χ1v) is 11.6. The average molecular weight is 421 g/mol. The Hall–Kier alpha value is -3.20. The molecule has 4 aromatic rings. The number of benzene rings is 4. The molecule has 0 atom stereocenters. The molecule has 2 N–H and O–H groups in total. The van der Waals surface area contributed by atoms with E-state index in [-0.39, 0.29) is 0 Å². The Kier molecular flexibility index (Phi) is 8.25. The van der Waals surface area contributed by atoms with E-state index in [1.165, 1.54) is 46.2 Å². The smallest absolute Gasteiger partial charge is 0.0205 e. The molecule has 4 rings (SSSR count). The van der Waals surface area contributed by atoms with Crippen molar-refractivity contribution in [3.05, 3.63) is 120 Å². The minimum absolute atomic E-state index is 0.927. The molecule has 0 bridgehead atoms. The maximum absolute atomic E-state index is 3.56. The molecule has 0 aliphatic rings. The summed E-state index contributed by atoms with van der Waals surface area (Å²) in [6.07, 6.45) is 2.37. The maximum Gasteiger partial charge on any atom is 0.0205 e. The molecule has 2 nitrogen and oxygen atoms in total. The Labute approximate surface area is 192 Å². The first kappa shape index (κ1) is 22.0. The molecule has 0 amide bonds. The van der Waals surface area contributed by atoms with E-state index in [4.69, 9.17) is 0 Å². The fourth-order valence-corrected chi connectivity index (χ4v) is 3.86. The molecule has 0 spiro atoms. The van der Waals surface area contributed by atoms with Crippen LogP contribution < -0.4 is 10.6 Å². The minimum Gasteiger partial charge on any atom is -0.313 e. The van der Waals surface area contributed by atoms with Gasteiger partial charge in [0.2, 0.25) is 0 Å². The zero-order valence-corrected chi connectivity index (χ0v) is 18.6. The van der Waals surface area contributed by atoms with Gasteiger partial charge in [-0.05, 0) is 59.3 Å². The molecule has 0 radical (unpaired) electrons. The lowest BCUT2D eigenvalue weighted by molar-refractivity contribution is 0.582. The topological polar surface area (TPSA) is 24.1 Å².